The molecule has 4 rings (SSSR count). The first-order chi connectivity index (χ1) is 15.3. The van der Waals surface area contributed by atoms with Gasteiger partial charge in [-0.2, -0.15) is 0 Å². The van der Waals surface area contributed by atoms with Crippen LogP contribution in [0.25, 0.3) is 0 Å². The summed E-state index contributed by atoms with van der Waals surface area (Å²) in [6, 6.07) is 18.4. The van der Waals surface area contributed by atoms with Crippen molar-refractivity contribution >= 4 is 39.0 Å². The molecule has 0 atom stereocenters. The number of urea groups is 1. The van der Waals surface area contributed by atoms with Crippen LogP contribution >= 0.6 is 11.6 Å². The largest absolute Gasteiger partial charge is 0.324 e. The number of rotatable bonds is 6. The molecule has 166 valence electrons. The van der Waals surface area contributed by atoms with Crippen molar-refractivity contribution in [1.29, 1.82) is 0 Å². The molecule has 0 saturated carbocycles. The van der Waals surface area contributed by atoms with Crippen LogP contribution in [0.2, 0.25) is 5.02 Å². The molecule has 0 radical (unpaired) electrons. The number of halogens is 2. The Hall–Kier alpha value is -3.10. The highest BCUT2D eigenvalue weighted by Gasteiger charge is 2.29. The summed E-state index contributed by atoms with van der Waals surface area (Å²) in [6.45, 7) is 1.36. The molecule has 1 aliphatic rings. The van der Waals surface area contributed by atoms with E-state index >= 15 is 0 Å². The lowest BCUT2D eigenvalue weighted by atomic mass is 10.1. The summed E-state index contributed by atoms with van der Waals surface area (Å²) >= 11 is 5.86. The molecule has 3 aromatic carbocycles. The fraction of sp³-hybridized carbons (Fsp3) is 0.174. The van der Waals surface area contributed by atoms with Crippen LogP contribution in [0.15, 0.2) is 77.7 Å². The molecule has 0 aromatic heterocycles. The van der Waals surface area contributed by atoms with Gasteiger partial charge in [-0.15, -0.1) is 0 Å². The Balaban J connectivity index is 1.57. The highest BCUT2D eigenvalue weighted by Crippen LogP contribution is 2.31. The molecule has 1 fully saturated rings. The van der Waals surface area contributed by atoms with Crippen molar-refractivity contribution < 1.29 is 17.6 Å². The van der Waals surface area contributed by atoms with E-state index in [-0.39, 0.29) is 16.7 Å². The van der Waals surface area contributed by atoms with Crippen molar-refractivity contribution in [2.75, 3.05) is 22.7 Å². The van der Waals surface area contributed by atoms with Crippen LogP contribution in [-0.4, -0.2) is 32.4 Å². The van der Waals surface area contributed by atoms with Gasteiger partial charge in [0.1, 0.15) is 5.82 Å². The molecule has 1 aliphatic heterocycles. The lowest BCUT2D eigenvalue weighted by Gasteiger charge is -2.36. The highest BCUT2D eigenvalue weighted by atomic mass is 35.5. The number of nitrogens with zero attached hydrogens (tertiary/aromatic N) is 2. The van der Waals surface area contributed by atoms with Crippen molar-refractivity contribution in [2.24, 2.45) is 0 Å². The van der Waals surface area contributed by atoms with Gasteiger partial charge >= 0.3 is 6.03 Å². The van der Waals surface area contributed by atoms with E-state index in [0.29, 0.717) is 42.5 Å². The zero-order valence-corrected chi connectivity index (χ0v) is 18.6. The average Bonchev–Trinajstić information content (AvgIpc) is 2.77. The van der Waals surface area contributed by atoms with Crippen LogP contribution in [0.4, 0.5) is 20.6 Å². The van der Waals surface area contributed by atoms with E-state index in [9.17, 15) is 17.6 Å². The predicted molar refractivity (Wildman–Crippen MR) is 123 cm³/mol. The van der Waals surface area contributed by atoms with Gasteiger partial charge in [-0.25, -0.2) is 17.6 Å². The Labute approximate surface area is 191 Å². The number of hydrogen-bond acceptors (Lipinski definition) is 3. The number of carbonyl (C=O) groups excluding carboxylic acids is 1. The second-order valence-corrected chi connectivity index (χ2v) is 9.53. The van der Waals surface area contributed by atoms with Crippen molar-refractivity contribution in [3.63, 3.8) is 0 Å². The Morgan fingerprint density at radius 3 is 2.34 bits per heavy atom. The zero-order chi connectivity index (χ0) is 22.7. The van der Waals surface area contributed by atoms with Crippen LogP contribution in [0.5, 0.6) is 0 Å². The van der Waals surface area contributed by atoms with E-state index < -0.39 is 10.0 Å². The maximum Gasteiger partial charge on any atom is 0.324 e. The molecule has 1 N–H and O–H groups in total. The first-order valence-electron chi connectivity index (χ1n) is 10.0. The number of anilines is 2. The van der Waals surface area contributed by atoms with Gasteiger partial charge in [-0.05, 0) is 60.5 Å². The van der Waals surface area contributed by atoms with Gasteiger partial charge in [-0.3, -0.25) is 9.62 Å². The smallest absolute Gasteiger partial charge is 0.320 e. The summed E-state index contributed by atoms with van der Waals surface area (Å²) in [4.78, 5) is 16.5. The number of para-hydroxylation sites is 2. The molecule has 1 saturated heterocycles. The minimum Gasteiger partial charge on any atom is -0.320 e. The Kier molecular flexibility index (Phi) is 6.34. The molecule has 0 spiro atoms. The third-order valence-electron chi connectivity index (χ3n) is 5.16. The molecule has 0 bridgehead atoms. The van der Waals surface area contributed by atoms with Crippen molar-refractivity contribution in [1.82, 2.24) is 4.90 Å². The van der Waals surface area contributed by atoms with E-state index in [4.69, 9.17) is 11.6 Å². The third kappa shape index (κ3) is 4.87. The Bertz CT molecular complexity index is 1220. The fourth-order valence-electron chi connectivity index (χ4n) is 3.57. The maximum absolute atomic E-state index is 13.2. The summed E-state index contributed by atoms with van der Waals surface area (Å²) in [6.07, 6.45) is 0.713. The van der Waals surface area contributed by atoms with Crippen LogP contribution in [-0.2, 0) is 16.6 Å². The summed E-state index contributed by atoms with van der Waals surface area (Å²) in [7, 11) is -3.87. The minimum absolute atomic E-state index is 0.0691. The van der Waals surface area contributed by atoms with Crippen molar-refractivity contribution in [2.45, 2.75) is 17.9 Å². The van der Waals surface area contributed by atoms with Gasteiger partial charge in [0.25, 0.3) is 10.0 Å². The molecule has 6 nitrogen and oxygen atoms in total. The minimum atomic E-state index is -3.87. The van der Waals surface area contributed by atoms with Crippen LogP contribution in [0.1, 0.15) is 12.0 Å². The van der Waals surface area contributed by atoms with Crippen molar-refractivity contribution in [3.8, 4) is 0 Å². The van der Waals surface area contributed by atoms with Gasteiger partial charge in [0.15, 0.2) is 0 Å². The third-order valence-corrected chi connectivity index (χ3v) is 6.79. The van der Waals surface area contributed by atoms with Gasteiger partial charge < -0.3 is 4.90 Å². The molecule has 1 heterocycles. The normalized spacial score (nSPS) is 14.5. The van der Waals surface area contributed by atoms with Gasteiger partial charge in [0.2, 0.25) is 0 Å². The molecular formula is C23H21ClFN3O3S. The van der Waals surface area contributed by atoms with E-state index in [1.165, 1.54) is 36.4 Å². The van der Waals surface area contributed by atoms with Crippen molar-refractivity contribution in [3.05, 3.63) is 89.2 Å². The first-order valence-corrected chi connectivity index (χ1v) is 11.9. The quantitative estimate of drug-likeness (QED) is 0.540. The first kappa shape index (κ1) is 22.1. The fourth-order valence-corrected chi connectivity index (χ4v) is 4.78. The molecule has 32 heavy (non-hydrogen) atoms. The number of sulfonamides is 1. The number of benzene rings is 3. The molecule has 9 heteroatoms. The van der Waals surface area contributed by atoms with Gasteiger partial charge in [-0.1, -0.05) is 35.9 Å². The number of hydrogen-bond donors (Lipinski definition) is 1. The molecule has 0 unspecified atom stereocenters. The SMILES string of the molecule is O=C1N(Cc2ccc(F)cc2)CCCN1c1ccccc1NS(=O)(=O)c1ccc(Cl)cc1. The van der Waals surface area contributed by atoms with E-state index in [1.54, 1.807) is 46.2 Å². The highest BCUT2D eigenvalue weighted by molar-refractivity contribution is 7.92. The summed E-state index contributed by atoms with van der Waals surface area (Å²) < 4.78 is 41.5. The lowest BCUT2D eigenvalue weighted by molar-refractivity contribution is 0.192. The zero-order valence-electron chi connectivity index (χ0n) is 17.0. The maximum atomic E-state index is 13.2. The van der Waals surface area contributed by atoms with Crippen LogP contribution < -0.4 is 9.62 Å². The van der Waals surface area contributed by atoms with E-state index in [0.717, 1.165) is 5.56 Å². The Morgan fingerprint density at radius 2 is 1.62 bits per heavy atom. The topological polar surface area (TPSA) is 69.7 Å². The standard InChI is InChI=1S/C23H21ClFN3O3S/c24-18-8-12-20(13-9-18)32(30,31)26-21-4-1-2-5-22(21)28-15-3-14-27(23(28)29)16-17-6-10-19(25)11-7-17/h1-2,4-13,26H,3,14-16H2. The molecule has 2 amide bonds. The molecule has 3 aromatic rings. The van der Waals surface area contributed by atoms with Crippen LogP contribution in [0, 0.1) is 5.82 Å². The number of amides is 2. The number of carbonyl (C=O) groups is 1. The average molecular weight is 474 g/mol. The van der Waals surface area contributed by atoms with E-state index in [1.807, 2.05) is 0 Å². The monoisotopic (exact) mass is 473 g/mol. The van der Waals surface area contributed by atoms with E-state index in [2.05, 4.69) is 4.72 Å². The predicted octanol–water partition coefficient (Wildman–Crippen LogP) is 5.11. The summed E-state index contributed by atoms with van der Waals surface area (Å²) in [5, 5.41) is 0.435. The summed E-state index contributed by atoms with van der Waals surface area (Å²) in [5.74, 6) is -0.331. The Morgan fingerprint density at radius 1 is 0.938 bits per heavy atom. The molecular weight excluding hydrogens is 453 g/mol. The van der Waals surface area contributed by atoms with Gasteiger partial charge in [0, 0.05) is 24.7 Å². The second kappa shape index (κ2) is 9.18. The van der Waals surface area contributed by atoms with Gasteiger partial charge in [0.05, 0.1) is 16.3 Å². The van der Waals surface area contributed by atoms with Crippen LogP contribution in [0.3, 0.4) is 0 Å². The number of nitrogens with one attached hydrogen (secondary N) is 1. The molecule has 0 aliphatic carbocycles. The lowest BCUT2D eigenvalue weighted by Crippen LogP contribution is -2.49. The second-order valence-electron chi connectivity index (χ2n) is 7.41. The summed E-state index contributed by atoms with van der Waals surface area (Å²) in [5.41, 5.74) is 1.59.